The van der Waals surface area contributed by atoms with Crippen molar-refractivity contribution < 1.29 is 0 Å². The van der Waals surface area contributed by atoms with E-state index in [2.05, 4.69) is 22.1 Å². The molecule has 1 aromatic heterocycles. The minimum atomic E-state index is 0.739. The fourth-order valence-electron chi connectivity index (χ4n) is 1.56. The first-order valence-electron chi connectivity index (χ1n) is 5.38. The van der Waals surface area contributed by atoms with Crippen LogP contribution in [-0.2, 0) is 6.42 Å². The van der Waals surface area contributed by atoms with Crippen LogP contribution in [0.15, 0.2) is 18.2 Å². The first-order valence-corrected chi connectivity index (χ1v) is 5.76. The lowest BCUT2D eigenvalue weighted by Crippen LogP contribution is -1.86. The number of rotatable bonds is 3. The Morgan fingerprint density at radius 2 is 2.19 bits per heavy atom. The zero-order chi connectivity index (χ0) is 11.5. The van der Waals surface area contributed by atoms with Gasteiger partial charge in [-0.3, -0.25) is 5.10 Å². The molecule has 0 saturated carbocycles. The number of nitrogens with zero attached hydrogens (tertiary/aromatic N) is 2. The van der Waals surface area contributed by atoms with E-state index in [9.17, 15) is 0 Å². The molecule has 0 unspecified atom stereocenters. The lowest BCUT2D eigenvalue weighted by atomic mass is 10.1. The van der Waals surface area contributed by atoms with Crippen LogP contribution in [0.25, 0.3) is 11.4 Å². The van der Waals surface area contributed by atoms with Gasteiger partial charge in [-0.25, -0.2) is 4.98 Å². The number of hydrogen-bond donors (Lipinski definition) is 1. The summed E-state index contributed by atoms with van der Waals surface area (Å²) in [6.45, 7) is 4.10. The van der Waals surface area contributed by atoms with E-state index in [0.717, 1.165) is 40.6 Å². The summed E-state index contributed by atoms with van der Waals surface area (Å²) >= 11 is 5.97. The van der Waals surface area contributed by atoms with Gasteiger partial charge in [0.15, 0.2) is 5.82 Å². The van der Waals surface area contributed by atoms with Crippen LogP contribution in [0.3, 0.4) is 0 Å². The van der Waals surface area contributed by atoms with Gasteiger partial charge in [-0.2, -0.15) is 5.10 Å². The molecule has 0 aliphatic rings. The molecular weight excluding hydrogens is 222 g/mol. The van der Waals surface area contributed by atoms with Crippen LogP contribution < -0.4 is 0 Å². The van der Waals surface area contributed by atoms with Gasteiger partial charge in [0.05, 0.1) is 0 Å². The van der Waals surface area contributed by atoms with E-state index in [4.69, 9.17) is 11.6 Å². The van der Waals surface area contributed by atoms with Gasteiger partial charge in [-0.1, -0.05) is 18.5 Å². The second-order valence-corrected chi connectivity index (χ2v) is 4.23. The van der Waals surface area contributed by atoms with Crippen LogP contribution in [0, 0.1) is 6.92 Å². The van der Waals surface area contributed by atoms with Gasteiger partial charge in [0.1, 0.15) is 5.82 Å². The van der Waals surface area contributed by atoms with Crippen LogP contribution in [0.4, 0.5) is 0 Å². The van der Waals surface area contributed by atoms with Crippen molar-refractivity contribution in [2.75, 3.05) is 0 Å². The van der Waals surface area contributed by atoms with Gasteiger partial charge in [-0.15, -0.1) is 0 Å². The fraction of sp³-hybridized carbons (Fsp3) is 0.333. The van der Waals surface area contributed by atoms with Crippen LogP contribution in [0.2, 0.25) is 5.02 Å². The number of aromatic nitrogens is 3. The Bertz CT molecular complexity index is 491. The van der Waals surface area contributed by atoms with Gasteiger partial charge in [0.2, 0.25) is 0 Å². The van der Waals surface area contributed by atoms with Crippen LogP contribution in [-0.4, -0.2) is 15.2 Å². The first kappa shape index (κ1) is 11.1. The molecule has 0 aliphatic heterocycles. The van der Waals surface area contributed by atoms with Crippen LogP contribution in [0.5, 0.6) is 0 Å². The summed E-state index contributed by atoms with van der Waals surface area (Å²) < 4.78 is 0. The summed E-state index contributed by atoms with van der Waals surface area (Å²) in [7, 11) is 0. The Kier molecular flexibility index (Phi) is 3.25. The van der Waals surface area contributed by atoms with Crippen LogP contribution in [0.1, 0.15) is 24.7 Å². The number of aromatic amines is 1. The smallest absolute Gasteiger partial charge is 0.181 e. The lowest BCUT2D eigenvalue weighted by molar-refractivity contribution is 0.841. The van der Waals surface area contributed by atoms with Crippen molar-refractivity contribution in [1.82, 2.24) is 15.2 Å². The maximum absolute atomic E-state index is 5.97. The molecule has 84 valence electrons. The molecule has 1 N–H and O–H groups in total. The van der Waals surface area contributed by atoms with Crippen molar-refractivity contribution in [3.63, 3.8) is 0 Å². The fourth-order valence-corrected chi connectivity index (χ4v) is 1.67. The Hall–Kier alpha value is -1.35. The molecule has 0 aliphatic carbocycles. The van der Waals surface area contributed by atoms with Gasteiger partial charge < -0.3 is 0 Å². The van der Waals surface area contributed by atoms with Crippen molar-refractivity contribution in [2.45, 2.75) is 26.7 Å². The monoisotopic (exact) mass is 235 g/mol. The van der Waals surface area contributed by atoms with E-state index in [-0.39, 0.29) is 0 Å². The van der Waals surface area contributed by atoms with E-state index < -0.39 is 0 Å². The molecule has 1 aromatic carbocycles. The van der Waals surface area contributed by atoms with Crippen molar-refractivity contribution in [3.05, 3.63) is 34.6 Å². The van der Waals surface area contributed by atoms with Crippen molar-refractivity contribution in [3.8, 4) is 11.4 Å². The van der Waals surface area contributed by atoms with E-state index in [1.54, 1.807) is 0 Å². The zero-order valence-corrected chi connectivity index (χ0v) is 10.2. The van der Waals surface area contributed by atoms with Crippen molar-refractivity contribution in [1.29, 1.82) is 0 Å². The zero-order valence-electron chi connectivity index (χ0n) is 9.42. The summed E-state index contributed by atoms with van der Waals surface area (Å²) in [5, 5.41) is 7.91. The number of aryl methyl sites for hydroxylation is 2. The summed E-state index contributed by atoms with van der Waals surface area (Å²) in [6.07, 6.45) is 1.99. The number of halogens is 1. The normalized spacial score (nSPS) is 10.7. The molecule has 0 atom stereocenters. The first-order chi connectivity index (χ1) is 7.70. The molecular formula is C12H14ClN3. The molecule has 2 aromatic rings. The maximum Gasteiger partial charge on any atom is 0.181 e. The SMILES string of the molecule is CCCc1nc(-c2ccc(Cl)c(C)c2)n[nH]1. The number of hydrogen-bond acceptors (Lipinski definition) is 2. The highest BCUT2D eigenvalue weighted by atomic mass is 35.5. The Labute approximate surface area is 99.9 Å². The van der Waals surface area contributed by atoms with Gasteiger partial charge >= 0.3 is 0 Å². The van der Waals surface area contributed by atoms with Gasteiger partial charge in [0.25, 0.3) is 0 Å². The predicted octanol–water partition coefficient (Wildman–Crippen LogP) is 3.39. The summed E-state index contributed by atoms with van der Waals surface area (Å²) in [6, 6.07) is 5.82. The lowest BCUT2D eigenvalue weighted by Gasteiger charge is -1.99. The topological polar surface area (TPSA) is 41.6 Å². The third-order valence-electron chi connectivity index (χ3n) is 2.43. The summed E-state index contributed by atoms with van der Waals surface area (Å²) in [4.78, 5) is 4.43. The molecule has 0 radical (unpaired) electrons. The Balaban J connectivity index is 2.31. The molecule has 0 amide bonds. The quantitative estimate of drug-likeness (QED) is 0.886. The standard InChI is InChI=1S/C12H14ClN3/c1-3-4-11-14-12(16-15-11)9-5-6-10(13)8(2)7-9/h5-7H,3-4H2,1-2H3,(H,14,15,16). The number of benzene rings is 1. The van der Waals surface area contributed by atoms with Crippen molar-refractivity contribution >= 4 is 11.6 Å². The van der Waals surface area contributed by atoms with E-state index >= 15 is 0 Å². The average molecular weight is 236 g/mol. The predicted molar refractivity (Wildman–Crippen MR) is 65.6 cm³/mol. The molecule has 0 bridgehead atoms. The highest BCUT2D eigenvalue weighted by molar-refractivity contribution is 6.31. The summed E-state index contributed by atoms with van der Waals surface area (Å²) in [5.74, 6) is 1.67. The summed E-state index contributed by atoms with van der Waals surface area (Å²) in [5.41, 5.74) is 2.04. The second-order valence-electron chi connectivity index (χ2n) is 3.82. The van der Waals surface area contributed by atoms with Crippen molar-refractivity contribution in [2.24, 2.45) is 0 Å². The molecule has 4 heteroatoms. The molecule has 0 fully saturated rings. The second kappa shape index (κ2) is 4.66. The maximum atomic E-state index is 5.97. The highest BCUT2D eigenvalue weighted by Crippen LogP contribution is 2.22. The Morgan fingerprint density at radius 3 is 2.88 bits per heavy atom. The minimum absolute atomic E-state index is 0.739. The van der Waals surface area contributed by atoms with E-state index in [1.165, 1.54) is 0 Å². The largest absolute Gasteiger partial charge is 0.263 e. The molecule has 16 heavy (non-hydrogen) atoms. The third-order valence-corrected chi connectivity index (χ3v) is 2.86. The highest BCUT2D eigenvalue weighted by Gasteiger charge is 2.06. The van der Waals surface area contributed by atoms with E-state index in [0.29, 0.717) is 0 Å². The van der Waals surface area contributed by atoms with Gasteiger partial charge in [0, 0.05) is 17.0 Å². The molecule has 0 saturated heterocycles. The van der Waals surface area contributed by atoms with Crippen LogP contribution >= 0.6 is 11.6 Å². The molecule has 3 nitrogen and oxygen atoms in total. The molecule has 1 heterocycles. The number of nitrogens with one attached hydrogen (secondary N) is 1. The molecule has 0 spiro atoms. The molecule has 2 rings (SSSR count). The van der Waals surface area contributed by atoms with E-state index in [1.807, 2.05) is 25.1 Å². The Morgan fingerprint density at radius 1 is 1.38 bits per heavy atom. The minimum Gasteiger partial charge on any atom is -0.263 e. The number of H-pyrrole nitrogens is 1. The average Bonchev–Trinajstić information content (AvgIpc) is 2.71. The third kappa shape index (κ3) is 2.25. The van der Waals surface area contributed by atoms with Gasteiger partial charge in [-0.05, 0) is 37.1 Å².